The van der Waals surface area contributed by atoms with Gasteiger partial charge in [0.2, 0.25) is 0 Å². The molecule has 3 N–H and O–H groups in total. The molecule has 0 heterocycles. The number of nitrogens with zero attached hydrogens (tertiary/aromatic N) is 2. The summed E-state index contributed by atoms with van der Waals surface area (Å²) in [7, 11) is 1.80. The van der Waals surface area contributed by atoms with Gasteiger partial charge in [-0.05, 0) is 36.2 Å². The molecule has 0 saturated carbocycles. The van der Waals surface area contributed by atoms with Crippen LogP contribution in [0.3, 0.4) is 0 Å². The molecule has 0 spiro atoms. The molecule has 0 radical (unpaired) electrons. The zero-order valence-electron chi connectivity index (χ0n) is 12.0. The van der Waals surface area contributed by atoms with Crippen molar-refractivity contribution in [1.82, 2.24) is 0 Å². The average Bonchev–Trinajstić information content (AvgIpc) is 2.53. The summed E-state index contributed by atoms with van der Waals surface area (Å²) in [5.74, 6) is 5.36. The van der Waals surface area contributed by atoms with Gasteiger partial charge < -0.3 is 10.3 Å². The van der Waals surface area contributed by atoms with Gasteiger partial charge in [0, 0.05) is 12.7 Å². The van der Waals surface area contributed by atoms with Crippen molar-refractivity contribution in [1.29, 1.82) is 0 Å². The Hall–Kier alpha value is -2.60. The minimum atomic E-state index is -0.429. The SMILES string of the molecule is CCc1ccc(N(C)c2cccc(NN)c2[N+](=O)[O-])cc1. The van der Waals surface area contributed by atoms with Crippen molar-refractivity contribution in [3.8, 4) is 0 Å². The van der Waals surface area contributed by atoms with E-state index in [9.17, 15) is 10.1 Å². The fourth-order valence-electron chi connectivity index (χ4n) is 2.20. The van der Waals surface area contributed by atoms with E-state index in [1.54, 1.807) is 30.1 Å². The highest BCUT2D eigenvalue weighted by Gasteiger charge is 2.22. The molecular formula is C15H18N4O2. The Bertz CT molecular complexity index is 641. The second-order valence-electron chi connectivity index (χ2n) is 4.65. The molecule has 21 heavy (non-hydrogen) atoms. The minimum absolute atomic E-state index is 0.0398. The topological polar surface area (TPSA) is 84.4 Å². The molecule has 0 atom stereocenters. The van der Waals surface area contributed by atoms with Crippen LogP contribution in [0.5, 0.6) is 0 Å². The first kappa shape index (κ1) is 14.8. The summed E-state index contributed by atoms with van der Waals surface area (Å²) in [4.78, 5) is 12.7. The van der Waals surface area contributed by atoms with Gasteiger partial charge in [-0.1, -0.05) is 25.1 Å². The first-order chi connectivity index (χ1) is 10.1. The predicted octanol–water partition coefficient (Wildman–Crippen LogP) is 3.21. The third-order valence-electron chi connectivity index (χ3n) is 3.45. The van der Waals surface area contributed by atoms with Gasteiger partial charge in [0.05, 0.1) is 4.92 Å². The largest absolute Gasteiger partial charge is 0.339 e. The second-order valence-corrected chi connectivity index (χ2v) is 4.65. The van der Waals surface area contributed by atoms with Crippen LogP contribution in [0.2, 0.25) is 0 Å². The monoisotopic (exact) mass is 286 g/mol. The number of nitrogens with two attached hydrogens (primary N) is 1. The number of hydrazine groups is 1. The summed E-state index contributed by atoms with van der Waals surface area (Å²) in [6.45, 7) is 2.08. The van der Waals surface area contributed by atoms with E-state index in [4.69, 9.17) is 5.84 Å². The third kappa shape index (κ3) is 2.95. The minimum Gasteiger partial charge on any atom is -0.339 e. The van der Waals surface area contributed by atoms with E-state index in [1.165, 1.54) is 5.56 Å². The number of anilines is 3. The summed E-state index contributed by atoms with van der Waals surface area (Å²) in [6, 6.07) is 12.9. The molecule has 0 aliphatic heterocycles. The number of nitro benzene ring substituents is 1. The molecule has 0 amide bonds. The summed E-state index contributed by atoms with van der Waals surface area (Å²) in [6.07, 6.45) is 0.955. The van der Waals surface area contributed by atoms with E-state index in [2.05, 4.69) is 12.3 Å². The molecule has 0 saturated heterocycles. The van der Waals surface area contributed by atoms with Crippen LogP contribution in [0, 0.1) is 10.1 Å². The molecule has 2 rings (SSSR count). The van der Waals surface area contributed by atoms with E-state index in [0.29, 0.717) is 5.69 Å². The van der Waals surface area contributed by atoms with Crippen LogP contribution in [0.4, 0.5) is 22.7 Å². The van der Waals surface area contributed by atoms with Crippen molar-refractivity contribution in [2.45, 2.75) is 13.3 Å². The van der Waals surface area contributed by atoms with Crippen LogP contribution < -0.4 is 16.2 Å². The number of nitro groups is 1. The Kier molecular flexibility index (Phi) is 4.39. The zero-order valence-corrected chi connectivity index (χ0v) is 12.0. The van der Waals surface area contributed by atoms with E-state index in [0.717, 1.165) is 12.1 Å². The lowest BCUT2D eigenvalue weighted by Gasteiger charge is -2.20. The average molecular weight is 286 g/mol. The maximum atomic E-state index is 11.3. The highest BCUT2D eigenvalue weighted by atomic mass is 16.6. The van der Waals surface area contributed by atoms with Crippen molar-refractivity contribution >= 4 is 22.7 Å². The van der Waals surface area contributed by atoms with Crippen molar-refractivity contribution in [2.24, 2.45) is 5.84 Å². The number of nitrogens with one attached hydrogen (secondary N) is 1. The maximum absolute atomic E-state index is 11.3. The van der Waals surface area contributed by atoms with Crippen LogP contribution >= 0.6 is 0 Å². The first-order valence-electron chi connectivity index (χ1n) is 6.65. The van der Waals surface area contributed by atoms with Crippen LogP contribution in [0.25, 0.3) is 0 Å². The molecule has 2 aromatic carbocycles. The van der Waals surface area contributed by atoms with Crippen LogP contribution in [-0.2, 0) is 6.42 Å². The van der Waals surface area contributed by atoms with Crippen molar-refractivity contribution in [3.63, 3.8) is 0 Å². The fourth-order valence-corrected chi connectivity index (χ4v) is 2.20. The highest BCUT2D eigenvalue weighted by molar-refractivity contribution is 5.80. The smallest absolute Gasteiger partial charge is 0.317 e. The van der Waals surface area contributed by atoms with Gasteiger partial charge in [-0.15, -0.1) is 0 Å². The number of hydrogen-bond donors (Lipinski definition) is 2. The molecule has 6 nitrogen and oxygen atoms in total. The van der Waals surface area contributed by atoms with Crippen LogP contribution in [0.15, 0.2) is 42.5 Å². The predicted molar refractivity (Wildman–Crippen MR) is 84.8 cm³/mol. The summed E-state index contributed by atoms with van der Waals surface area (Å²) < 4.78 is 0. The second kappa shape index (κ2) is 6.23. The fraction of sp³-hybridized carbons (Fsp3) is 0.200. The van der Waals surface area contributed by atoms with E-state index < -0.39 is 4.92 Å². The summed E-state index contributed by atoms with van der Waals surface area (Å²) in [5.41, 5.74) is 5.21. The number of benzene rings is 2. The van der Waals surface area contributed by atoms with Gasteiger partial charge in [-0.2, -0.15) is 0 Å². The molecule has 0 aliphatic carbocycles. The Balaban J connectivity index is 2.46. The lowest BCUT2D eigenvalue weighted by Crippen LogP contribution is -2.15. The highest BCUT2D eigenvalue weighted by Crippen LogP contribution is 2.37. The molecular weight excluding hydrogens is 268 g/mol. The van der Waals surface area contributed by atoms with E-state index in [1.807, 2.05) is 24.3 Å². The number of para-hydroxylation sites is 1. The molecule has 0 bridgehead atoms. The number of rotatable bonds is 5. The standard InChI is InChI=1S/C15H18N4O2/c1-3-11-7-9-12(10-8-11)18(2)14-6-4-5-13(17-16)15(14)19(20)21/h4-10,17H,3,16H2,1-2H3. The molecule has 6 heteroatoms. The van der Waals surface area contributed by atoms with E-state index >= 15 is 0 Å². The lowest BCUT2D eigenvalue weighted by atomic mass is 10.1. The quantitative estimate of drug-likeness (QED) is 0.501. The van der Waals surface area contributed by atoms with Crippen molar-refractivity contribution in [2.75, 3.05) is 17.4 Å². The lowest BCUT2D eigenvalue weighted by molar-refractivity contribution is -0.383. The number of hydrogen-bond acceptors (Lipinski definition) is 5. The first-order valence-corrected chi connectivity index (χ1v) is 6.65. The van der Waals surface area contributed by atoms with Gasteiger partial charge in [0.25, 0.3) is 0 Å². The molecule has 0 unspecified atom stereocenters. The number of aryl methyl sites for hydroxylation is 1. The van der Waals surface area contributed by atoms with Crippen LogP contribution in [0.1, 0.15) is 12.5 Å². The Morgan fingerprint density at radius 2 is 1.90 bits per heavy atom. The molecule has 2 aromatic rings. The normalized spacial score (nSPS) is 10.2. The van der Waals surface area contributed by atoms with Crippen LogP contribution in [-0.4, -0.2) is 12.0 Å². The van der Waals surface area contributed by atoms with Gasteiger partial charge in [-0.25, -0.2) is 0 Å². The Morgan fingerprint density at radius 1 is 1.24 bits per heavy atom. The van der Waals surface area contributed by atoms with Gasteiger partial charge in [-0.3, -0.25) is 16.0 Å². The van der Waals surface area contributed by atoms with Gasteiger partial charge in [0.15, 0.2) is 0 Å². The summed E-state index contributed by atoms with van der Waals surface area (Å²) in [5, 5.41) is 11.3. The zero-order chi connectivity index (χ0) is 15.4. The Labute approximate surface area is 123 Å². The van der Waals surface area contributed by atoms with Crippen molar-refractivity contribution < 1.29 is 4.92 Å². The molecule has 0 aromatic heterocycles. The van der Waals surface area contributed by atoms with E-state index in [-0.39, 0.29) is 11.4 Å². The number of nitrogen functional groups attached to an aromatic ring is 1. The molecule has 110 valence electrons. The Morgan fingerprint density at radius 3 is 2.43 bits per heavy atom. The molecule has 0 aliphatic rings. The molecule has 0 fully saturated rings. The van der Waals surface area contributed by atoms with Gasteiger partial charge >= 0.3 is 5.69 Å². The van der Waals surface area contributed by atoms with Crippen molar-refractivity contribution in [3.05, 3.63) is 58.1 Å². The maximum Gasteiger partial charge on any atom is 0.317 e. The third-order valence-corrected chi connectivity index (χ3v) is 3.45. The van der Waals surface area contributed by atoms with Gasteiger partial charge in [0.1, 0.15) is 11.4 Å². The summed E-state index contributed by atoms with van der Waals surface area (Å²) >= 11 is 0.